The van der Waals surface area contributed by atoms with Gasteiger partial charge in [0.2, 0.25) is 5.91 Å². The molecule has 164 valence electrons. The molecule has 2 heterocycles. The van der Waals surface area contributed by atoms with Gasteiger partial charge in [-0.3, -0.25) is 9.59 Å². The zero-order valence-corrected chi connectivity index (χ0v) is 18.0. The van der Waals surface area contributed by atoms with E-state index in [1.165, 1.54) is 0 Å². The number of nitrogens with zero attached hydrogens (tertiary/aromatic N) is 2. The monoisotopic (exact) mass is 424 g/mol. The Labute approximate surface area is 182 Å². The molecular weight excluding hydrogens is 396 g/mol. The maximum Gasteiger partial charge on any atom is 0.254 e. The number of carbonyl (C=O) groups excluding carboxylic acids is 2. The van der Waals surface area contributed by atoms with Gasteiger partial charge in [-0.15, -0.1) is 0 Å². The van der Waals surface area contributed by atoms with E-state index in [1.807, 2.05) is 35.2 Å². The van der Waals surface area contributed by atoms with E-state index in [2.05, 4.69) is 0 Å². The van der Waals surface area contributed by atoms with E-state index in [-0.39, 0.29) is 23.7 Å². The van der Waals surface area contributed by atoms with Gasteiger partial charge in [0.25, 0.3) is 5.91 Å². The second-order valence-corrected chi connectivity index (χ2v) is 7.87. The normalized spacial score (nSPS) is 21.1. The Bertz CT molecular complexity index is 924. The zero-order chi connectivity index (χ0) is 21.8. The van der Waals surface area contributed by atoms with E-state index in [1.54, 1.807) is 37.3 Å². The summed E-state index contributed by atoms with van der Waals surface area (Å²) < 4.78 is 15.9. The molecule has 0 aliphatic carbocycles. The smallest absolute Gasteiger partial charge is 0.254 e. The summed E-state index contributed by atoms with van der Waals surface area (Å²) in [6, 6.07) is 14.9. The average molecular weight is 424 g/mol. The van der Waals surface area contributed by atoms with Crippen LogP contribution in [0.25, 0.3) is 0 Å². The SMILES string of the molecule is COc1ccc([C@@H]2CN(C(=O)c3cccc(OC)c3)C[C@H]2C(=O)N2CCOCC2)cc1. The van der Waals surface area contributed by atoms with E-state index >= 15 is 0 Å². The summed E-state index contributed by atoms with van der Waals surface area (Å²) in [4.78, 5) is 30.3. The van der Waals surface area contributed by atoms with Gasteiger partial charge in [-0.1, -0.05) is 18.2 Å². The van der Waals surface area contributed by atoms with Gasteiger partial charge in [0.05, 0.1) is 33.4 Å². The quantitative estimate of drug-likeness (QED) is 0.738. The van der Waals surface area contributed by atoms with Crippen LogP contribution in [0.3, 0.4) is 0 Å². The third-order valence-electron chi connectivity index (χ3n) is 6.11. The highest BCUT2D eigenvalue weighted by Gasteiger charge is 2.42. The van der Waals surface area contributed by atoms with Crippen LogP contribution >= 0.6 is 0 Å². The number of benzene rings is 2. The number of likely N-dealkylation sites (tertiary alicyclic amines) is 1. The van der Waals surface area contributed by atoms with Crippen molar-refractivity contribution < 1.29 is 23.8 Å². The largest absolute Gasteiger partial charge is 0.497 e. The second-order valence-electron chi connectivity index (χ2n) is 7.87. The molecule has 0 spiro atoms. The lowest BCUT2D eigenvalue weighted by Gasteiger charge is -2.30. The third-order valence-corrected chi connectivity index (χ3v) is 6.11. The zero-order valence-electron chi connectivity index (χ0n) is 18.0. The Morgan fingerprint density at radius 2 is 1.61 bits per heavy atom. The fourth-order valence-electron chi connectivity index (χ4n) is 4.37. The minimum atomic E-state index is -0.291. The molecule has 2 aromatic rings. The molecule has 0 bridgehead atoms. The number of hydrogen-bond donors (Lipinski definition) is 0. The van der Waals surface area contributed by atoms with Crippen molar-refractivity contribution in [3.05, 3.63) is 59.7 Å². The van der Waals surface area contributed by atoms with Gasteiger partial charge in [-0.25, -0.2) is 0 Å². The number of morpholine rings is 1. The predicted molar refractivity (Wildman–Crippen MR) is 116 cm³/mol. The van der Waals surface area contributed by atoms with E-state index < -0.39 is 0 Å². The van der Waals surface area contributed by atoms with Gasteiger partial charge in [0.1, 0.15) is 11.5 Å². The first-order valence-electron chi connectivity index (χ1n) is 10.5. The summed E-state index contributed by atoms with van der Waals surface area (Å²) in [7, 11) is 3.21. The number of rotatable bonds is 5. The third kappa shape index (κ3) is 4.51. The molecule has 7 heteroatoms. The molecule has 0 aromatic heterocycles. The van der Waals surface area contributed by atoms with Crippen LogP contribution in [0.5, 0.6) is 11.5 Å². The molecule has 2 amide bonds. The first kappa shape index (κ1) is 21.2. The Morgan fingerprint density at radius 1 is 0.903 bits per heavy atom. The molecule has 2 saturated heterocycles. The van der Waals surface area contributed by atoms with Gasteiger partial charge < -0.3 is 24.0 Å². The standard InChI is InChI=1S/C24H28N2O5/c1-29-19-8-6-17(7-9-19)21-15-26(23(27)18-4-3-5-20(14-18)30-2)16-22(21)24(28)25-10-12-31-13-11-25/h3-9,14,21-22H,10-13,15-16H2,1-2H3/t21-,22+/m0/s1. The van der Waals surface area contributed by atoms with Gasteiger partial charge in [0, 0.05) is 37.7 Å². The molecule has 7 nitrogen and oxygen atoms in total. The predicted octanol–water partition coefficient (Wildman–Crippen LogP) is 2.42. The van der Waals surface area contributed by atoms with E-state index in [0.717, 1.165) is 11.3 Å². The Balaban J connectivity index is 1.60. The molecule has 31 heavy (non-hydrogen) atoms. The summed E-state index contributed by atoms with van der Waals surface area (Å²) >= 11 is 0. The summed E-state index contributed by atoms with van der Waals surface area (Å²) in [6.07, 6.45) is 0. The van der Waals surface area contributed by atoms with Crippen LogP contribution in [0.2, 0.25) is 0 Å². The van der Waals surface area contributed by atoms with Crippen LogP contribution in [-0.2, 0) is 9.53 Å². The minimum absolute atomic E-state index is 0.0733. The Morgan fingerprint density at radius 3 is 2.29 bits per heavy atom. The summed E-state index contributed by atoms with van der Waals surface area (Å²) in [6.45, 7) is 3.17. The van der Waals surface area contributed by atoms with Crippen LogP contribution in [0.1, 0.15) is 21.8 Å². The van der Waals surface area contributed by atoms with Crippen molar-refractivity contribution in [2.75, 3.05) is 53.6 Å². The van der Waals surface area contributed by atoms with Crippen LogP contribution in [0.4, 0.5) is 0 Å². The first-order valence-corrected chi connectivity index (χ1v) is 10.5. The summed E-state index contributed by atoms with van der Waals surface area (Å²) in [5.41, 5.74) is 1.60. The molecule has 0 N–H and O–H groups in total. The highest BCUT2D eigenvalue weighted by Crippen LogP contribution is 2.36. The fraction of sp³-hybridized carbons (Fsp3) is 0.417. The molecule has 2 fully saturated rings. The van der Waals surface area contributed by atoms with Crippen molar-refractivity contribution in [3.8, 4) is 11.5 Å². The molecule has 2 aromatic carbocycles. The molecule has 2 aliphatic heterocycles. The van der Waals surface area contributed by atoms with Crippen molar-refractivity contribution in [1.82, 2.24) is 9.80 Å². The molecular formula is C24H28N2O5. The highest BCUT2D eigenvalue weighted by molar-refractivity contribution is 5.95. The number of amides is 2. The van der Waals surface area contributed by atoms with Crippen LogP contribution in [-0.4, -0.2) is 75.2 Å². The van der Waals surface area contributed by atoms with Gasteiger partial charge in [-0.2, -0.15) is 0 Å². The lowest BCUT2D eigenvalue weighted by atomic mass is 9.88. The van der Waals surface area contributed by atoms with Gasteiger partial charge >= 0.3 is 0 Å². The molecule has 4 rings (SSSR count). The average Bonchev–Trinajstić information content (AvgIpc) is 3.29. The number of methoxy groups -OCH3 is 2. The maximum atomic E-state index is 13.4. The van der Waals surface area contributed by atoms with Crippen LogP contribution < -0.4 is 9.47 Å². The highest BCUT2D eigenvalue weighted by atomic mass is 16.5. The van der Waals surface area contributed by atoms with Crippen molar-refractivity contribution >= 4 is 11.8 Å². The van der Waals surface area contributed by atoms with Crippen molar-refractivity contribution in [2.24, 2.45) is 5.92 Å². The van der Waals surface area contributed by atoms with Crippen LogP contribution in [0.15, 0.2) is 48.5 Å². The molecule has 0 saturated carbocycles. The molecule has 2 atom stereocenters. The number of ether oxygens (including phenoxy) is 3. The second kappa shape index (κ2) is 9.39. The van der Waals surface area contributed by atoms with E-state index in [0.29, 0.717) is 50.7 Å². The fourth-order valence-corrected chi connectivity index (χ4v) is 4.37. The van der Waals surface area contributed by atoms with E-state index in [9.17, 15) is 9.59 Å². The van der Waals surface area contributed by atoms with Crippen molar-refractivity contribution in [3.63, 3.8) is 0 Å². The maximum absolute atomic E-state index is 13.4. The number of hydrogen-bond acceptors (Lipinski definition) is 5. The molecule has 0 unspecified atom stereocenters. The van der Waals surface area contributed by atoms with Gasteiger partial charge in [0.15, 0.2) is 0 Å². The summed E-state index contributed by atoms with van der Waals surface area (Å²) in [5, 5.41) is 0. The lowest BCUT2D eigenvalue weighted by molar-refractivity contribution is -0.139. The Kier molecular flexibility index (Phi) is 6.42. The Hall–Kier alpha value is -3.06. The van der Waals surface area contributed by atoms with Crippen molar-refractivity contribution in [2.45, 2.75) is 5.92 Å². The van der Waals surface area contributed by atoms with Crippen molar-refractivity contribution in [1.29, 1.82) is 0 Å². The van der Waals surface area contributed by atoms with Crippen LogP contribution in [0, 0.1) is 5.92 Å². The lowest BCUT2D eigenvalue weighted by Crippen LogP contribution is -2.45. The van der Waals surface area contributed by atoms with Gasteiger partial charge in [-0.05, 0) is 35.9 Å². The summed E-state index contributed by atoms with van der Waals surface area (Å²) in [5.74, 6) is 1.04. The molecule has 2 aliphatic rings. The first-order chi connectivity index (χ1) is 15.1. The van der Waals surface area contributed by atoms with E-state index in [4.69, 9.17) is 14.2 Å². The topological polar surface area (TPSA) is 68.3 Å². The minimum Gasteiger partial charge on any atom is -0.497 e. The number of carbonyl (C=O) groups is 2. The molecule has 0 radical (unpaired) electrons.